The summed E-state index contributed by atoms with van der Waals surface area (Å²) in [5.74, 6) is 0.514. The van der Waals surface area contributed by atoms with E-state index in [1.807, 2.05) is 0 Å². The molecule has 104 valence electrons. The van der Waals surface area contributed by atoms with Crippen LogP contribution in [0.1, 0.15) is 58.8 Å². The highest BCUT2D eigenvalue weighted by Gasteiger charge is 2.36. The van der Waals surface area contributed by atoms with Crippen molar-refractivity contribution in [3.8, 4) is 0 Å². The van der Waals surface area contributed by atoms with Crippen molar-refractivity contribution in [2.45, 2.75) is 64.8 Å². The maximum absolute atomic E-state index is 12.3. The van der Waals surface area contributed by atoms with Gasteiger partial charge in [0.15, 0.2) is 0 Å². The zero-order chi connectivity index (χ0) is 13.0. The SMILES string of the molecule is CC1(C)CCCCC1C(=O)NCC[C@@H]1CCCN1. The van der Waals surface area contributed by atoms with Crippen LogP contribution in [0.25, 0.3) is 0 Å². The second kappa shape index (κ2) is 6.05. The van der Waals surface area contributed by atoms with Gasteiger partial charge in [-0.05, 0) is 44.1 Å². The highest BCUT2D eigenvalue weighted by atomic mass is 16.1. The first-order valence-corrected chi connectivity index (χ1v) is 7.61. The molecule has 3 nitrogen and oxygen atoms in total. The number of hydrogen-bond donors (Lipinski definition) is 2. The Kier molecular flexibility index (Phi) is 4.66. The van der Waals surface area contributed by atoms with Crippen molar-refractivity contribution in [2.24, 2.45) is 11.3 Å². The summed E-state index contributed by atoms with van der Waals surface area (Å²) in [4.78, 5) is 12.3. The van der Waals surface area contributed by atoms with Gasteiger partial charge in [0.05, 0.1) is 0 Å². The molecule has 0 aromatic heterocycles. The summed E-state index contributed by atoms with van der Waals surface area (Å²) in [5, 5.41) is 6.63. The van der Waals surface area contributed by atoms with E-state index in [2.05, 4.69) is 24.5 Å². The third-order valence-electron chi connectivity index (χ3n) is 4.78. The zero-order valence-electron chi connectivity index (χ0n) is 11.9. The Bertz CT molecular complexity index is 282. The summed E-state index contributed by atoms with van der Waals surface area (Å²) in [6.07, 6.45) is 8.39. The number of nitrogens with one attached hydrogen (secondary N) is 2. The molecule has 0 radical (unpaired) electrons. The van der Waals surface area contributed by atoms with Crippen LogP contribution in [0.3, 0.4) is 0 Å². The molecule has 1 unspecified atom stereocenters. The van der Waals surface area contributed by atoms with Crippen LogP contribution < -0.4 is 10.6 Å². The quantitative estimate of drug-likeness (QED) is 0.807. The molecule has 1 saturated heterocycles. The minimum Gasteiger partial charge on any atom is -0.356 e. The number of hydrogen-bond acceptors (Lipinski definition) is 2. The molecule has 1 aliphatic heterocycles. The Labute approximate surface area is 111 Å². The molecule has 2 atom stereocenters. The second-order valence-corrected chi connectivity index (χ2v) is 6.66. The lowest BCUT2D eigenvalue weighted by Crippen LogP contribution is -2.42. The molecular formula is C15H28N2O. The van der Waals surface area contributed by atoms with Gasteiger partial charge < -0.3 is 10.6 Å². The number of rotatable bonds is 4. The number of carbonyl (C=O) groups excluding carboxylic acids is 1. The van der Waals surface area contributed by atoms with E-state index in [0.29, 0.717) is 6.04 Å². The average Bonchev–Trinajstić information content (AvgIpc) is 2.81. The lowest BCUT2D eigenvalue weighted by atomic mass is 9.68. The summed E-state index contributed by atoms with van der Waals surface area (Å²) < 4.78 is 0. The molecule has 0 aromatic carbocycles. The van der Waals surface area contributed by atoms with E-state index in [4.69, 9.17) is 0 Å². The molecule has 1 heterocycles. The minimum absolute atomic E-state index is 0.188. The van der Waals surface area contributed by atoms with Crippen LogP contribution >= 0.6 is 0 Å². The van der Waals surface area contributed by atoms with Crippen molar-refractivity contribution in [1.29, 1.82) is 0 Å². The van der Waals surface area contributed by atoms with Crippen molar-refractivity contribution >= 4 is 5.91 Å². The van der Waals surface area contributed by atoms with Crippen molar-refractivity contribution < 1.29 is 4.79 Å². The van der Waals surface area contributed by atoms with E-state index < -0.39 is 0 Å². The fourth-order valence-electron chi connectivity index (χ4n) is 3.48. The lowest BCUT2D eigenvalue weighted by molar-refractivity contribution is -0.130. The molecule has 2 N–H and O–H groups in total. The van der Waals surface area contributed by atoms with E-state index >= 15 is 0 Å². The van der Waals surface area contributed by atoms with E-state index in [9.17, 15) is 4.79 Å². The third-order valence-corrected chi connectivity index (χ3v) is 4.78. The highest BCUT2D eigenvalue weighted by Crippen LogP contribution is 2.40. The summed E-state index contributed by atoms with van der Waals surface area (Å²) in [6, 6.07) is 0.629. The molecule has 2 rings (SSSR count). The van der Waals surface area contributed by atoms with Gasteiger partial charge in [0.25, 0.3) is 0 Å². The van der Waals surface area contributed by atoms with Gasteiger partial charge in [0.2, 0.25) is 5.91 Å². The monoisotopic (exact) mass is 252 g/mol. The van der Waals surface area contributed by atoms with Gasteiger partial charge in [-0.25, -0.2) is 0 Å². The van der Waals surface area contributed by atoms with Crippen LogP contribution in [0.5, 0.6) is 0 Å². The smallest absolute Gasteiger partial charge is 0.223 e. The lowest BCUT2D eigenvalue weighted by Gasteiger charge is -2.37. The number of amides is 1. The van der Waals surface area contributed by atoms with Crippen molar-refractivity contribution in [2.75, 3.05) is 13.1 Å². The first-order chi connectivity index (χ1) is 8.59. The first kappa shape index (κ1) is 13.9. The van der Waals surface area contributed by atoms with Crippen LogP contribution in [0.2, 0.25) is 0 Å². The van der Waals surface area contributed by atoms with Crippen molar-refractivity contribution in [1.82, 2.24) is 10.6 Å². The Hall–Kier alpha value is -0.570. The zero-order valence-corrected chi connectivity index (χ0v) is 11.9. The molecule has 1 amide bonds. The largest absolute Gasteiger partial charge is 0.356 e. The van der Waals surface area contributed by atoms with E-state index in [0.717, 1.165) is 25.9 Å². The third kappa shape index (κ3) is 3.47. The number of carbonyl (C=O) groups is 1. The van der Waals surface area contributed by atoms with Crippen LogP contribution in [-0.2, 0) is 4.79 Å². The van der Waals surface area contributed by atoms with Crippen molar-refractivity contribution in [3.05, 3.63) is 0 Å². The maximum Gasteiger partial charge on any atom is 0.223 e. The van der Waals surface area contributed by atoms with E-state index in [-0.39, 0.29) is 17.2 Å². The molecular weight excluding hydrogens is 224 g/mol. The topological polar surface area (TPSA) is 41.1 Å². The van der Waals surface area contributed by atoms with Gasteiger partial charge in [0, 0.05) is 18.5 Å². The Morgan fingerprint density at radius 2 is 2.11 bits per heavy atom. The standard InChI is InChI=1S/C15H28N2O/c1-15(2)9-4-3-7-13(15)14(18)17-11-8-12-6-5-10-16-12/h12-13,16H,3-11H2,1-2H3,(H,17,18)/t12-,13?/m0/s1. The molecule has 1 saturated carbocycles. The predicted molar refractivity (Wildman–Crippen MR) is 74.4 cm³/mol. The Morgan fingerprint density at radius 3 is 2.78 bits per heavy atom. The van der Waals surface area contributed by atoms with Gasteiger partial charge in [-0.2, -0.15) is 0 Å². The first-order valence-electron chi connectivity index (χ1n) is 7.61. The van der Waals surface area contributed by atoms with E-state index in [1.54, 1.807) is 0 Å². The van der Waals surface area contributed by atoms with Crippen LogP contribution in [0.4, 0.5) is 0 Å². The summed E-state index contributed by atoms with van der Waals surface area (Å²) >= 11 is 0. The highest BCUT2D eigenvalue weighted by molar-refractivity contribution is 5.79. The van der Waals surface area contributed by atoms with Crippen molar-refractivity contribution in [3.63, 3.8) is 0 Å². The second-order valence-electron chi connectivity index (χ2n) is 6.66. The Morgan fingerprint density at radius 1 is 1.28 bits per heavy atom. The summed E-state index contributed by atoms with van der Waals surface area (Å²) in [7, 11) is 0. The molecule has 18 heavy (non-hydrogen) atoms. The summed E-state index contributed by atoms with van der Waals surface area (Å²) in [5.41, 5.74) is 0.188. The fraction of sp³-hybridized carbons (Fsp3) is 0.933. The molecule has 2 aliphatic rings. The maximum atomic E-state index is 12.3. The predicted octanol–water partition coefficient (Wildman–Crippen LogP) is 2.46. The molecule has 2 fully saturated rings. The Balaban J connectivity index is 1.73. The molecule has 0 spiro atoms. The molecule has 3 heteroatoms. The van der Waals surface area contributed by atoms with Gasteiger partial charge in [-0.1, -0.05) is 26.7 Å². The summed E-state index contributed by atoms with van der Waals surface area (Å²) in [6.45, 7) is 6.47. The van der Waals surface area contributed by atoms with Crippen LogP contribution in [-0.4, -0.2) is 25.0 Å². The van der Waals surface area contributed by atoms with Gasteiger partial charge in [-0.3, -0.25) is 4.79 Å². The van der Waals surface area contributed by atoms with Gasteiger partial charge in [-0.15, -0.1) is 0 Å². The fourth-order valence-corrected chi connectivity index (χ4v) is 3.48. The molecule has 1 aliphatic carbocycles. The minimum atomic E-state index is 0.188. The van der Waals surface area contributed by atoms with E-state index in [1.165, 1.54) is 32.1 Å². The molecule has 0 bridgehead atoms. The normalized spacial score (nSPS) is 31.2. The van der Waals surface area contributed by atoms with Crippen LogP contribution in [0, 0.1) is 11.3 Å². The van der Waals surface area contributed by atoms with Crippen LogP contribution in [0.15, 0.2) is 0 Å². The molecule has 0 aromatic rings. The van der Waals surface area contributed by atoms with Gasteiger partial charge >= 0.3 is 0 Å². The average molecular weight is 252 g/mol. The van der Waals surface area contributed by atoms with Gasteiger partial charge in [0.1, 0.15) is 0 Å².